The van der Waals surface area contributed by atoms with Crippen LogP contribution in [0.1, 0.15) is 6.42 Å². The summed E-state index contributed by atoms with van der Waals surface area (Å²) in [4.78, 5) is 0. The van der Waals surface area contributed by atoms with Crippen LogP contribution in [0.4, 0.5) is 0 Å². The number of nitrogens with one attached hydrogen (secondary N) is 1. The first-order chi connectivity index (χ1) is 4.97. The standard InChI is InChI=1S/C7H13NOS/c1-3-9-5-7-6(1)8-2-4-10-7/h6-8H,1-5H2/t6-,7-/m0/s1. The topological polar surface area (TPSA) is 21.3 Å². The van der Waals surface area contributed by atoms with E-state index in [-0.39, 0.29) is 0 Å². The Morgan fingerprint density at radius 1 is 1.50 bits per heavy atom. The van der Waals surface area contributed by atoms with E-state index in [0.29, 0.717) is 0 Å². The third-order valence-electron chi connectivity index (χ3n) is 2.14. The van der Waals surface area contributed by atoms with Crippen LogP contribution in [0.5, 0.6) is 0 Å². The van der Waals surface area contributed by atoms with E-state index in [4.69, 9.17) is 4.74 Å². The molecule has 2 aliphatic heterocycles. The smallest absolute Gasteiger partial charge is 0.0600 e. The van der Waals surface area contributed by atoms with Gasteiger partial charge in [-0.25, -0.2) is 0 Å². The minimum absolute atomic E-state index is 0.738. The fourth-order valence-corrected chi connectivity index (χ4v) is 2.76. The summed E-state index contributed by atoms with van der Waals surface area (Å²) < 4.78 is 5.38. The monoisotopic (exact) mass is 159 g/mol. The van der Waals surface area contributed by atoms with Crippen LogP contribution >= 0.6 is 11.8 Å². The van der Waals surface area contributed by atoms with Crippen LogP contribution in [0.15, 0.2) is 0 Å². The lowest BCUT2D eigenvalue weighted by Crippen LogP contribution is -2.49. The van der Waals surface area contributed by atoms with Crippen molar-refractivity contribution in [3.8, 4) is 0 Å². The van der Waals surface area contributed by atoms with Gasteiger partial charge >= 0.3 is 0 Å². The summed E-state index contributed by atoms with van der Waals surface area (Å²) in [5.41, 5.74) is 0. The zero-order valence-corrected chi connectivity index (χ0v) is 6.82. The van der Waals surface area contributed by atoms with Crippen molar-refractivity contribution in [3.05, 3.63) is 0 Å². The number of hydrogen-bond acceptors (Lipinski definition) is 3. The maximum absolute atomic E-state index is 5.38. The molecular weight excluding hydrogens is 146 g/mol. The second-order valence-electron chi connectivity index (χ2n) is 2.83. The van der Waals surface area contributed by atoms with Crippen molar-refractivity contribution in [1.29, 1.82) is 0 Å². The van der Waals surface area contributed by atoms with Gasteiger partial charge in [-0.3, -0.25) is 0 Å². The van der Waals surface area contributed by atoms with Crippen LogP contribution in [0, 0.1) is 0 Å². The van der Waals surface area contributed by atoms with Crippen molar-refractivity contribution in [1.82, 2.24) is 5.32 Å². The first-order valence-electron chi connectivity index (χ1n) is 3.89. The summed E-state index contributed by atoms with van der Waals surface area (Å²) in [5.74, 6) is 1.25. The number of rotatable bonds is 0. The van der Waals surface area contributed by atoms with Crippen LogP contribution in [-0.2, 0) is 4.74 Å². The largest absolute Gasteiger partial charge is 0.380 e. The van der Waals surface area contributed by atoms with E-state index in [1.54, 1.807) is 0 Å². The molecule has 0 bridgehead atoms. The zero-order chi connectivity index (χ0) is 6.81. The van der Waals surface area contributed by atoms with Gasteiger partial charge < -0.3 is 10.1 Å². The molecule has 0 unspecified atom stereocenters. The molecule has 0 amide bonds. The third kappa shape index (κ3) is 1.31. The third-order valence-corrected chi connectivity index (χ3v) is 3.48. The quantitative estimate of drug-likeness (QED) is 0.555. The van der Waals surface area contributed by atoms with Gasteiger partial charge in [0.05, 0.1) is 6.61 Å². The van der Waals surface area contributed by atoms with Crippen LogP contribution in [0.2, 0.25) is 0 Å². The van der Waals surface area contributed by atoms with Crippen molar-refractivity contribution in [2.45, 2.75) is 17.7 Å². The minimum Gasteiger partial charge on any atom is -0.380 e. The van der Waals surface area contributed by atoms with E-state index < -0.39 is 0 Å². The Kier molecular flexibility index (Phi) is 2.16. The number of ether oxygens (including phenoxy) is 1. The highest BCUT2D eigenvalue weighted by atomic mass is 32.2. The molecule has 10 heavy (non-hydrogen) atoms. The second kappa shape index (κ2) is 3.11. The van der Waals surface area contributed by atoms with Gasteiger partial charge in [0.25, 0.3) is 0 Å². The molecule has 0 aliphatic carbocycles. The molecule has 2 atom stereocenters. The predicted molar refractivity (Wildman–Crippen MR) is 43.5 cm³/mol. The van der Waals surface area contributed by atoms with Crippen LogP contribution in [0.3, 0.4) is 0 Å². The van der Waals surface area contributed by atoms with Gasteiger partial charge in [-0.2, -0.15) is 11.8 Å². The average Bonchev–Trinajstić information content (AvgIpc) is 2.05. The van der Waals surface area contributed by atoms with Crippen molar-refractivity contribution in [2.24, 2.45) is 0 Å². The molecular formula is C7H13NOS. The van der Waals surface area contributed by atoms with Gasteiger partial charge in [-0.1, -0.05) is 0 Å². The second-order valence-corrected chi connectivity index (χ2v) is 4.18. The molecule has 1 N–H and O–H groups in total. The van der Waals surface area contributed by atoms with E-state index in [1.165, 1.54) is 18.7 Å². The highest BCUT2D eigenvalue weighted by Crippen LogP contribution is 2.23. The lowest BCUT2D eigenvalue weighted by atomic mass is 10.1. The van der Waals surface area contributed by atoms with E-state index in [9.17, 15) is 0 Å². The normalized spacial score (nSPS) is 40.8. The molecule has 3 heteroatoms. The highest BCUT2D eigenvalue weighted by molar-refractivity contribution is 8.00. The van der Waals surface area contributed by atoms with Crippen LogP contribution in [-0.4, -0.2) is 36.8 Å². The van der Waals surface area contributed by atoms with Crippen LogP contribution in [0.25, 0.3) is 0 Å². The Labute approximate surface area is 65.7 Å². The molecule has 0 aromatic heterocycles. The van der Waals surface area contributed by atoms with E-state index in [0.717, 1.165) is 24.5 Å². The first kappa shape index (κ1) is 6.95. The summed E-state index contributed by atoms with van der Waals surface area (Å²) in [5, 5.41) is 4.26. The molecule has 2 heterocycles. The van der Waals surface area contributed by atoms with Gasteiger partial charge in [-0.05, 0) is 6.42 Å². The average molecular weight is 159 g/mol. The molecule has 58 valence electrons. The maximum Gasteiger partial charge on any atom is 0.0600 e. The molecule has 2 saturated heterocycles. The summed E-state index contributed by atoms with van der Waals surface area (Å²) in [6, 6.07) is 0.743. The van der Waals surface area contributed by atoms with Crippen molar-refractivity contribution >= 4 is 11.8 Å². The Bertz CT molecular complexity index is 94.2. The van der Waals surface area contributed by atoms with E-state index in [1.807, 2.05) is 0 Å². The summed E-state index contributed by atoms with van der Waals surface area (Å²) in [7, 11) is 0. The highest BCUT2D eigenvalue weighted by Gasteiger charge is 2.27. The minimum atomic E-state index is 0.738. The van der Waals surface area contributed by atoms with Crippen molar-refractivity contribution in [2.75, 3.05) is 25.5 Å². The Morgan fingerprint density at radius 3 is 3.40 bits per heavy atom. The van der Waals surface area contributed by atoms with Gasteiger partial charge in [0, 0.05) is 30.2 Å². The maximum atomic E-state index is 5.38. The molecule has 0 aromatic rings. The summed E-state index contributed by atoms with van der Waals surface area (Å²) >= 11 is 2.06. The lowest BCUT2D eigenvalue weighted by Gasteiger charge is -2.35. The van der Waals surface area contributed by atoms with E-state index >= 15 is 0 Å². The Morgan fingerprint density at radius 2 is 2.50 bits per heavy atom. The SMILES string of the molecule is C1CS[C@H]2COCC[C@@H]2N1. The van der Waals surface area contributed by atoms with Crippen molar-refractivity contribution in [3.63, 3.8) is 0 Å². The molecule has 0 aromatic carbocycles. The Hall–Kier alpha value is 0.270. The summed E-state index contributed by atoms with van der Waals surface area (Å²) in [6.45, 7) is 3.10. The fraction of sp³-hybridized carbons (Fsp3) is 1.00. The molecule has 2 nitrogen and oxygen atoms in total. The first-order valence-corrected chi connectivity index (χ1v) is 4.94. The molecule has 2 fully saturated rings. The fourth-order valence-electron chi connectivity index (χ4n) is 1.56. The zero-order valence-electron chi connectivity index (χ0n) is 6.01. The predicted octanol–water partition coefficient (Wildman–Crippen LogP) is 0.480. The van der Waals surface area contributed by atoms with Crippen molar-refractivity contribution < 1.29 is 4.74 Å². The molecule has 2 aliphatic rings. The van der Waals surface area contributed by atoms with Gasteiger partial charge in [0.1, 0.15) is 0 Å². The molecule has 0 radical (unpaired) electrons. The molecule has 2 rings (SSSR count). The molecule has 0 saturated carbocycles. The summed E-state index contributed by atoms with van der Waals surface area (Å²) in [6.07, 6.45) is 1.21. The number of fused-ring (bicyclic) bond motifs is 1. The Balaban J connectivity index is 1.93. The molecule has 0 spiro atoms. The van der Waals surface area contributed by atoms with E-state index in [2.05, 4.69) is 17.1 Å². The van der Waals surface area contributed by atoms with Crippen LogP contribution < -0.4 is 5.32 Å². The lowest BCUT2D eigenvalue weighted by molar-refractivity contribution is 0.0822. The number of thioether (sulfide) groups is 1. The van der Waals surface area contributed by atoms with Gasteiger partial charge in [-0.15, -0.1) is 0 Å². The van der Waals surface area contributed by atoms with Gasteiger partial charge in [0.15, 0.2) is 0 Å². The number of hydrogen-bond donors (Lipinski definition) is 1. The van der Waals surface area contributed by atoms with Gasteiger partial charge in [0.2, 0.25) is 0 Å².